The number of halogens is 2. The first-order valence-electron chi connectivity index (χ1n) is 7.48. The van der Waals surface area contributed by atoms with Gasteiger partial charge in [0.1, 0.15) is 25.1 Å². The molecule has 0 saturated carbocycles. The van der Waals surface area contributed by atoms with E-state index in [1.165, 1.54) is 12.1 Å². The maximum absolute atomic E-state index is 12.9. The second-order valence-electron chi connectivity index (χ2n) is 5.21. The summed E-state index contributed by atoms with van der Waals surface area (Å²) in [6.45, 7) is 0.747. The van der Waals surface area contributed by atoms with Crippen molar-refractivity contribution < 1.29 is 13.9 Å². The Kier molecular flexibility index (Phi) is 5.35. The summed E-state index contributed by atoms with van der Waals surface area (Å²) in [5.41, 5.74) is 4.77. The number of hydrogen-bond donors (Lipinski definition) is 1. The normalized spacial score (nSPS) is 10.5. The summed E-state index contributed by atoms with van der Waals surface area (Å²) >= 11 is 6.34. The van der Waals surface area contributed by atoms with Gasteiger partial charge in [-0.05, 0) is 29.3 Å². The average molecular weight is 363 g/mol. The predicted molar refractivity (Wildman–Crippen MR) is 91.8 cm³/mol. The molecule has 0 spiro atoms. The van der Waals surface area contributed by atoms with E-state index in [1.54, 1.807) is 48.7 Å². The van der Waals surface area contributed by atoms with Crippen molar-refractivity contribution in [3.8, 4) is 11.5 Å². The molecule has 1 N–H and O–H groups in total. The molecule has 1 aromatic heterocycles. The van der Waals surface area contributed by atoms with Crippen molar-refractivity contribution in [1.82, 2.24) is 14.9 Å². The molecule has 0 atom stereocenters. The van der Waals surface area contributed by atoms with Crippen molar-refractivity contribution in [2.45, 2.75) is 13.2 Å². The molecule has 3 rings (SSSR count). The standard InChI is InChI=1S/C17H16ClFN4O2/c1-24-16-6-13(8-22-23-10-20-21-11-23)15(18)7-17(16)25-9-12-2-4-14(19)5-3-12/h2-7,10-11,22H,8-9H2,1H3. The Balaban J connectivity index is 1.71. The van der Waals surface area contributed by atoms with Gasteiger partial charge in [0.2, 0.25) is 0 Å². The number of ether oxygens (including phenoxy) is 2. The first-order chi connectivity index (χ1) is 12.2. The fourth-order valence-electron chi connectivity index (χ4n) is 2.19. The smallest absolute Gasteiger partial charge is 0.163 e. The Hall–Kier alpha value is -2.80. The molecule has 0 unspecified atom stereocenters. The number of rotatable bonds is 7. The van der Waals surface area contributed by atoms with Gasteiger partial charge < -0.3 is 14.9 Å². The van der Waals surface area contributed by atoms with E-state index in [4.69, 9.17) is 21.1 Å². The van der Waals surface area contributed by atoms with Gasteiger partial charge in [0, 0.05) is 11.1 Å². The Morgan fingerprint density at radius 1 is 1.12 bits per heavy atom. The molecule has 0 amide bonds. The van der Waals surface area contributed by atoms with E-state index in [0.717, 1.165) is 11.1 Å². The van der Waals surface area contributed by atoms with Crippen LogP contribution in [0.3, 0.4) is 0 Å². The Morgan fingerprint density at radius 3 is 2.52 bits per heavy atom. The zero-order valence-electron chi connectivity index (χ0n) is 13.4. The SMILES string of the molecule is COc1cc(CNn2cnnc2)c(Cl)cc1OCc1ccc(F)cc1. The molecule has 25 heavy (non-hydrogen) atoms. The molecule has 8 heteroatoms. The lowest BCUT2D eigenvalue weighted by atomic mass is 10.2. The van der Waals surface area contributed by atoms with Gasteiger partial charge in [-0.2, -0.15) is 0 Å². The number of hydrogen-bond acceptors (Lipinski definition) is 5. The molecule has 0 aliphatic carbocycles. The van der Waals surface area contributed by atoms with Crippen molar-refractivity contribution >= 4 is 11.6 Å². The van der Waals surface area contributed by atoms with Gasteiger partial charge in [0.15, 0.2) is 11.5 Å². The van der Waals surface area contributed by atoms with Gasteiger partial charge in [0.05, 0.1) is 13.7 Å². The highest BCUT2D eigenvalue weighted by Crippen LogP contribution is 2.34. The molecule has 130 valence electrons. The van der Waals surface area contributed by atoms with E-state index in [2.05, 4.69) is 15.6 Å². The maximum Gasteiger partial charge on any atom is 0.163 e. The minimum atomic E-state index is -0.283. The first-order valence-corrected chi connectivity index (χ1v) is 7.85. The summed E-state index contributed by atoms with van der Waals surface area (Å²) in [5.74, 6) is 0.797. The minimum absolute atomic E-state index is 0.283. The van der Waals surface area contributed by atoms with Crippen LogP contribution in [0.15, 0.2) is 49.1 Å². The van der Waals surface area contributed by atoms with Crippen molar-refractivity contribution in [2.24, 2.45) is 0 Å². The summed E-state index contributed by atoms with van der Waals surface area (Å²) in [6, 6.07) is 9.62. The number of benzene rings is 2. The number of aromatic nitrogens is 3. The fraction of sp³-hybridized carbons (Fsp3) is 0.176. The largest absolute Gasteiger partial charge is 0.493 e. The second-order valence-corrected chi connectivity index (χ2v) is 5.62. The summed E-state index contributed by atoms with van der Waals surface area (Å²) in [6.07, 6.45) is 3.09. The van der Waals surface area contributed by atoms with E-state index in [-0.39, 0.29) is 12.4 Å². The molecule has 0 saturated heterocycles. The summed E-state index contributed by atoms with van der Waals surface area (Å²) in [7, 11) is 1.56. The molecule has 1 heterocycles. The lowest BCUT2D eigenvalue weighted by molar-refractivity contribution is 0.284. The molecule has 0 aliphatic heterocycles. The zero-order chi connectivity index (χ0) is 17.6. The van der Waals surface area contributed by atoms with Crippen molar-refractivity contribution in [1.29, 1.82) is 0 Å². The van der Waals surface area contributed by atoms with Crippen LogP contribution in [-0.2, 0) is 13.2 Å². The van der Waals surface area contributed by atoms with Crippen LogP contribution in [0.2, 0.25) is 5.02 Å². The van der Waals surface area contributed by atoms with Crippen LogP contribution in [0.4, 0.5) is 4.39 Å². The van der Waals surface area contributed by atoms with Gasteiger partial charge in [-0.25, -0.2) is 9.07 Å². The van der Waals surface area contributed by atoms with Crippen LogP contribution in [-0.4, -0.2) is 22.0 Å². The van der Waals surface area contributed by atoms with Crippen LogP contribution in [0.25, 0.3) is 0 Å². The number of nitrogens with zero attached hydrogens (tertiary/aromatic N) is 3. The Morgan fingerprint density at radius 2 is 1.84 bits per heavy atom. The van der Waals surface area contributed by atoms with E-state index in [1.807, 2.05) is 0 Å². The minimum Gasteiger partial charge on any atom is -0.493 e. The average Bonchev–Trinajstić information content (AvgIpc) is 3.14. The van der Waals surface area contributed by atoms with E-state index in [9.17, 15) is 4.39 Å². The molecule has 2 aromatic carbocycles. The third kappa shape index (κ3) is 4.39. The molecule has 6 nitrogen and oxygen atoms in total. The molecular formula is C17H16ClFN4O2. The lowest BCUT2D eigenvalue weighted by Gasteiger charge is -2.14. The second kappa shape index (κ2) is 7.85. The van der Waals surface area contributed by atoms with Gasteiger partial charge in [-0.3, -0.25) is 0 Å². The van der Waals surface area contributed by atoms with Crippen LogP contribution in [0.5, 0.6) is 11.5 Å². The predicted octanol–water partition coefficient (Wildman–Crippen LogP) is 3.40. The quantitative estimate of drug-likeness (QED) is 0.698. The van der Waals surface area contributed by atoms with E-state index < -0.39 is 0 Å². The lowest BCUT2D eigenvalue weighted by Crippen LogP contribution is -2.12. The molecule has 0 fully saturated rings. The Labute approximate surface area is 149 Å². The molecule has 0 bridgehead atoms. The third-order valence-corrected chi connectivity index (χ3v) is 3.86. The molecular weight excluding hydrogens is 347 g/mol. The topological polar surface area (TPSA) is 61.2 Å². The van der Waals surface area contributed by atoms with Crippen molar-refractivity contribution in [2.75, 3.05) is 12.5 Å². The summed E-state index contributed by atoms with van der Waals surface area (Å²) in [4.78, 5) is 0. The molecule has 3 aromatic rings. The van der Waals surface area contributed by atoms with Crippen molar-refractivity contribution in [3.63, 3.8) is 0 Å². The van der Waals surface area contributed by atoms with Crippen LogP contribution in [0, 0.1) is 5.82 Å². The first kappa shape index (κ1) is 17.0. The third-order valence-electron chi connectivity index (χ3n) is 3.51. The monoisotopic (exact) mass is 362 g/mol. The van der Waals surface area contributed by atoms with E-state index >= 15 is 0 Å². The highest BCUT2D eigenvalue weighted by molar-refractivity contribution is 6.31. The van der Waals surface area contributed by atoms with Crippen LogP contribution >= 0.6 is 11.6 Å². The maximum atomic E-state index is 12.9. The highest BCUT2D eigenvalue weighted by Gasteiger charge is 2.11. The van der Waals surface area contributed by atoms with Crippen LogP contribution < -0.4 is 14.9 Å². The van der Waals surface area contributed by atoms with Gasteiger partial charge in [-0.1, -0.05) is 23.7 Å². The van der Waals surface area contributed by atoms with Crippen LogP contribution in [0.1, 0.15) is 11.1 Å². The molecule has 0 radical (unpaired) electrons. The summed E-state index contributed by atoms with van der Waals surface area (Å²) < 4.78 is 25.7. The summed E-state index contributed by atoms with van der Waals surface area (Å²) in [5, 5.41) is 7.96. The zero-order valence-corrected chi connectivity index (χ0v) is 14.2. The van der Waals surface area contributed by atoms with Gasteiger partial charge in [-0.15, -0.1) is 10.2 Å². The Bertz CT molecular complexity index is 825. The number of methoxy groups -OCH3 is 1. The number of nitrogens with one attached hydrogen (secondary N) is 1. The van der Waals surface area contributed by atoms with Crippen molar-refractivity contribution in [3.05, 3.63) is 71.0 Å². The highest BCUT2D eigenvalue weighted by atomic mass is 35.5. The van der Waals surface area contributed by atoms with E-state index in [0.29, 0.717) is 23.1 Å². The van der Waals surface area contributed by atoms with Gasteiger partial charge in [0.25, 0.3) is 0 Å². The molecule has 0 aliphatic rings. The van der Waals surface area contributed by atoms with Gasteiger partial charge >= 0.3 is 0 Å². The fourth-order valence-corrected chi connectivity index (χ4v) is 2.41.